The van der Waals surface area contributed by atoms with Gasteiger partial charge in [0.05, 0.1) is 11.5 Å². The Morgan fingerprint density at radius 3 is 2.05 bits per heavy atom. The Kier molecular flexibility index (Phi) is 3.28. The van der Waals surface area contributed by atoms with Crippen LogP contribution in [0.2, 0.25) is 0 Å². The van der Waals surface area contributed by atoms with Crippen molar-refractivity contribution in [2.24, 2.45) is 5.16 Å². The summed E-state index contributed by atoms with van der Waals surface area (Å²) in [4.78, 5) is 12.7. The van der Waals surface area contributed by atoms with Gasteiger partial charge in [-0.3, -0.25) is 4.79 Å². The molecule has 0 spiro atoms. The Morgan fingerprint density at radius 1 is 0.905 bits per heavy atom. The normalized spacial score (nSPS) is 20.3. The maximum atomic E-state index is 12.7. The second-order valence-electron chi connectivity index (χ2n) is 4.78. The monoisotopic (exact) mass is 279 g/mol. The summed E-state index contributed by atoms with van der Waals surface area (Å²) >= 11 is 0. The van der Waals surface area contributed by atoms with E-state index in [-0.39, 0.29) is 22.8 Å². The number of allylic oxidation sites excluding steroid dienone is 2. The Morgan fingerprint density at radius 2 is 1.48 bits per heavy atom. The first-order valence-corrected chi connectivity index (χ1v) is 6.54. The van der Waals surface area contributed by atoms with E-state index in [0.29, 0.717) is 11.1 Å². The first kappa shape index (κ1) is 13.1. The van der Waals surface area contributed by atoms with Crippen LogP contribution in [-0.4, -0.2) is 21.8 Å². The Bertz CT molecular complexity index is 733. The van der Waals surface area contributed by atoms with E-state index >= 15 is 0 Å². The van der Waals surface area contributed by atoms with E-state index in [1.165, 1.54) is 0 Å². The molecule has 0 heterocycles. The number of benzene rings is 2. The van der Waals surface area contributed by atoms with Gasteiger partial charge in [-0.2, -0.15) is 0 Å². The van der Waals surface area contributed by atoms with Crippen molar-refractivity contribution in [3.8, 4) is 0 Å². The van der Waals surface area contributed by atoms with Crippen molar-refractivity contribution < 1.29 is 15.1 Å². The predicted octanol–water partition coefficient (Wildman–Crippen LogP) is 3.15. The van der Waals surface area contributed by atoms with E-state index in [1.54, 1.807) is 48.5 Å². The molecule has 2 aromatic carbocycles. The molecule has 1 unspecified atom stereocenters. The van der Waals surface area contributed by atoms with Crippen LogP contribution in [0.4, 0.5) is 0 Å². The number of rotatable bonds is 2. The number of hydrogen-bond acceptors (Lipinski definition) is 4. The molecule has 0 aliphatic heterocycles. The van der Waals surface area contributed by atoms with E-state index in [9.17, 15) is 15.1 Å². The summed E-state index contributed by atoms with van der Waals surface area (Å²) in [5.74, 6) is -1.30. The van der Waals surface area contributed by atoms with E-state index in [1.807, 2.05) is 12.1 Å². The number of Topliss-reactive ketones (excluding diaryl/α,β-unsaturated/α-hetero) is 1. The fraction of sp³-hybridized carbons (Fsp3) is 0.0588. The Hall–Kier alpha value is -2.88. The fourth-order valence-electron chi connectivity index (χ4n) is 2.59. The van der Waals surface area contributed by atoms with Gasteiger partial charge in [-0.15, -0.1) is 0 Å². The zero-order chi connectivity index (χ0) is 14.8. The fourth-order valence-corrected chi connectivity index (χ4v) is 2.59. The second kappa shape index (κ2) is 5.25. The van der Waals surface area contributed by atoms with Gasteiger partial charge in [-0.1, -0.05) is 65.8 Å². The summed E-state index contributed by atoms with van der Waals surface area (Å²) in [6.45, 7) is 0. The topological polar surface area (TPSA) is 69.9 Å². The highest BCUT2D eigenvalue weighted by atomic mass is 16.4. The molecule has 1 aliphatic carbocycles. The minimum absolute atomic E-state index is 0.00921. The third-order valence-corrected chi connectivity index (χ3v) is 3.56. The average Bonchev–Trinajstić information content (AvgIpc) is 2.79. The standard InChI is InChI=1S/C17H13NO3/c19-16-13(11-7-3-1-4-8-11)15(18-21)17(20)14(16)12-9-5-2-6-10-12/h1-10,13,20-21H/b18-15+. The molecule has 3 rings (SSSR count). The third kappa shape index (κ3) is 2.10. The van der Waals surface area contributed by atoms with Gasteiger partial charge in [0, 0.05) is 0 Å². The maximum Gasteiger partial charge on any atom is 0.180 e. The lowest BCUT2D eigenvalue weighted by atomic mass is 9.92. The number of aliphatic hydroxyl groups excluding tert-OH is 1. The number of nitrogens with zero attached hydrogens (tertiary/aromatic N) is 1. The lowest BCUT2D eigenvalue weighted by molar-refractivity contribution is -0.113. The molecule has 0 saturated carbocycles. The zero-order valence-electron chi connectivity index (χ0n) is 11.1. The highest BCUT2D eigenvalue weighted by Gasteiger charge is 2.41. The van der Waals surface area contributed by atoms with Crippen LogP contribution in [0, 0.1) is 0 Å². The van der Waals surface area contributed by atoms with Crippen LogP contribution < -0.4 is 0 Å². The van der Waals surface area contributed by atoms with Gasteiger partial charge in [0.15, 0.2) is 11.5 Å². The van der Waals surface area contributed by atoms with Gasteiger partial charge >= 0.3 is 0 Å². The molecule has 21 heavy (non-hydrogen) atoms. The van der Waals surface area contributed by atoms with Gasteiger partial charge in [-0.25, -0.2) is 0 Å². The molecule has 4 heteroatoms. The van der Waals surface area contributed by atoms with Crippen molar-refractivity contribution in [1.29, 1.82) is 0 Å². The number of oxime groups is 1. The highest BCUT2D eigenvalue weighted by Crippen LogP contribution is 2.37. The van der Waals surface area contributed by atoms with E-state index in [0.717, 1.165) is 0 Å². The molecule has 2 aromatic rings. The molecule has 0 amide bonds. The lowest BCUT2D eigenvalue weighted by Gasteiger charge is -2.09. The summed E-state index contributed by atoms with van der Waals surface area (Å²) < 4.78 is 0. The van der Waals surface area contributed by atoms with Gasteiger partial charge in [0.1, 0.15) is 5.71 Å². The van der Waals surface area contributed by atoms with Crippen LogP contribution in [0.3, 0.4) is 0 Å². The summed E-state index contributed by atoms with van der Waals surface area (Å²) in [5, 5.41) is 22.6. The molecule has 0 aromatic heterocycles. The number of carbonyl (C=O) groups excluding carboxylic acids is 1. The predicted molar refractivity (Wildman–Crippen MR) is 79.4 cm³/mol. The van der Waals surface area contributed by atoms with Crippen molar-refractivity contribution in [3.63, 3.8) is 0 Å². The molecule has 4 nitrogen and oxygen atoms in total. The SMILES string of the molecule is O=C1C(c2ccccc2)=C(O)/C(=N/O)C1c1ccccc1. The van der Waals surface area contributed by atoms with Gasteiger partial charge < -0.3 is 10.3 Å². The summed E-state index contributed by atoms with van der Waals surface area (Å²) in [5.41, 5.74) is 1.48. The van der Waals surface area contributed by atoms with E-state index < -0.39 is 5.92 Å². The summed E-state index contributed by atoms with van der Waals surface area (Å²) in [6.07, 6.45) is 0. The molecule has 0 bridgehead atoms. The smallest absolute Gasteiger partial charge is 0.180 e. The molecular weight excluding hydrogens is 266 g/mol. The summed E-state index contributed by atoms with van der Waals surface area (Å²) in [7, 11) is 0. The van der Waals surface area contributed by atoms with Crippen LogP contribution in [0.15, 0.2) is 71.6 Å². The van der Waals surface area contributed by atoms with E-state index in [4.69, 9.17) is 0 Å². The Balaban J connectivity index is 2.12. The van der Waals surface area contributed by atoms with Gasteiger partial charge in [0.25, 0.3) is 0 Å². The first-order chi connectivity index (χ1) is 10.2. The van der Waals surface area contributed by atoms with E-state index in [2.05, 4.69) is 5.16 Å². The lowest BCUT2D eigenvalue weighted by Crippen LogP contribution is -2.15. The molecule has 0 fully saturated rings. The second-order valence-corrected chi connectivity index (χ2v) is 4.78. The van der Waals surface area contributed by atoms with Crippen molar-refractivity contribution >= 4 is 17.1 Å². The Labute approximate surface area is 121 Å². The first-order valence-electron chi connectivity index (χ1n) is 6.54. The molecule has 104 valence electrons. The largest absolute Gasteiger partial charge is 0.505 e. The average molecular weight is 279 g/mol. The molecular formula is C17H13NO3. The molecule has 1 atom stereocenters. The molecule has 1 aliphatic rings. The molecule has 0 radical (unpaired) electrons. The van der Waals surface area contributed by atoms with Crippen LogP contribution in [-0.2, 0) is 4.79 Å². The van der Waals surface area contributed by atoms with Crippen molar-refractivity contribution in [2.75, 3.05) is 0 Å². The van der Waals surface area contributed by atoms with Crippen LogP contribution in [0.25, 0.3) is 5.57 Å². The highest BCUT2D eigenvalue weighted by molar-refractivity contribution is 6.42. The van der Waals surface area contributed by atoms with Gasteiger partial charge in [0.2, 0.25) is 0 Å². The quantitative estimate of drug-likeness (QED) is 0.655. The van der Waals surface area contributed by atoms with Crippen molar-refractivity contribution in [3.05, 3.63) is 77.5 Å². The molecule has 0 saturated heterocycles. The third-order valence-electron chi connectivity index (χ3n) is 3.56. The minimum Gasteiger partial charge on any atom is -0.505 e. The van der Waals surface area contributed by atoms with Crippen LogP contribution in [0.1, 0.15) is 17.0 Å². The van der Waals surface area contributed by atoms with Gasteiger partial charge in [-0.05, 0) is 11.1 Å². The van der Waals surface area contributed by atoms with Crippen molar-refractivity contribution in [2.45, 2.75) is 5.92 Å². The summed E-state index contributed by atoms with van der Waals surface area (Å²) in [6, 6.07) is 17.9. The maximum absolute atomic E-state index is 12.7. The zero-order valence-corrected chi connectivity index (χ0v) is 11.1. The van der Waals surface area contributed by atoms with Crippen LogP contribution in [0.5, 0.6) is 0 Å². The van der Waals surface area contributed by atoms with Crippen LogP contribution >= 0.6 is 0 Å². The van der Waals surface area contributed by atoms with Crippen molar-refractivity contribution in [1.82, 2.24) is 0 Å². The number of aliphatic hydroxyl groups is 1. The number of ketones is 1. The minimum atomic E-state index is -0.772. The number of carbonyl (C=O) groups is 1. The number of hydrogen-bond donors (Lipinski definition) is 2. The molecule has 2 N–H and O–H groups in total.